The van der Waals surface area contributed by atoms with Gasteiger partial charge < -0.3 is 10.6 Å². The third-order valence-corrected chi connectivity index (χ3v) is 5.13. The zero-order valence-corrected chi connectivity index (χ0v) is 11.8. The fraction of sp³-hybridized carbons (Fsp3) is 0.929. The summed E-state index contributed by atoms with van der Waals surface area (Å²) in [5.74, 6) is 1.44. The molecule has 98 valence electrons. The normalized spacial score (nSPS) is 32.5. The first-order valence-electron chi connectivity index (χ1n) is 7.25. The van der Waals surface area contributed by atoms with Gasteiger partial charge in [0, 0.05) is 12.0 Å². The van der Waals surface area contributed by atoms with Crippen molar-refractivity contribution in [2.75, 3.05) is 13.1 Å². The first-order chi connectivity index (χ1) is 8.22. The number of hydrogen-bond acceptors (Lipinski definition) is 2. The highest BCUT2D eigenvalue weighted by Gasteiger charge is 2.31. The lowest BCUT2D eigenvalue weighted by molar-refractivity contribution is 0.0758. The van der Waals surface area contributed by atoms with Crippen molar-refractivity contribution < 1.29 is 0 Å². The van der Waals surface area contributed by atoms with Crippen molar-refractivity contribution in [2.24, 2.45) is 17.6 Å². The highest BCUT2D eigenvalue weighted by molar-refractivity contribution is 7.80. The zero-order chi connectivity index (χ0) is 12.3. The van der Waals surface area contributed by atoms with Crippen LogP contribution >= 0.6 is 12.2 Å². The van der Waals surface area contributed by atoms with Gasteiger partial charge >= 0.3 is 0 Å². The van der Waals surface area contributed by atoms with Crippen LogP contribution in [-0.4, -0.2) is 29.0 Å². The Morgan fingerprint density at radius 1 is 1.18 bits per heavy atom. The van der Waals surface area contributed by atoms with E-state index in [1.165, 1.54) is 58.0 Å². The Hall–Kier alpha value is -0.150. The lowest BCUT2D eigenvalue weighted by atomic mass is 9.80. The molecule has 0 spiro atoms. The molecule has 1 saturated heterocycles. The topological polar surface area (TPSA) is 29.3 Å². The number of hydrogen-bond donors (Lipinski definition) is 1. The largest absolute Gasteiger partial charge is 0.393 e. The van der Waals surface area contributed by atoms with Crippen LogP contribution in [0.15, 0.2) is 0 Å². The van der Waals surface area contributed by atoms with Crippen molar-refractivity contribution in [3.8, 4) is 0 Å². The third kappa shape index (κ3) is 3.19. The number of nitrogens with two attached hydrogens (primary N) is 1. The van der Waals surface area contributed by atoms with Gasteiger partial charge in [-0.05, 0) is 44.7 Å². The Morgan fingerprint density at radius 2 is 1.82 bits per heavy atom. The molecule has 1 heterocycles. The number of piperidine rings is 1. The Morgan fingerprint density at radius 3 is 2.41 bits per heavy atom. The Labute approximate surface area is 111 Å². The van der Waals surface area contributed by atoms with Gasteiger partial charge in [-0.25, -0.2) is 0 Å². The van der Waals surface area contributed by atoms with Crippen LogP contribution in [0.1, 0.15) is 51.9 Å². The summed E-state index contributed by atoms with van der Waals surface area (Å²) >= 11 is 5.12. The predicted molar refractivity (Wildman–Crippen MR) is 77.1 cm³/mol. The summed E-state index contributed by atoms with van der Waals surface area (Å²) in [6, 6.07) is 0.848. The Balaban J connectivity index is 1.88. The van der Waals surface area contributed by atoms with Crippen molar-refractivity contribution in [3.63, 3.8) is 0 Å². The standard InChI is InChI=1S/C14H26N2S/c1-2-11-5-3-4-6-13(11)16-9-7-12(8-10-16)14(15)17/h11-13H,2-10H2,1H3,(H2,15,17). The minimum absolute atomic E-state index is 0.505. The average Bonchev–Trinajstić information content (AvgIpc) is 2.39. The van der Waals surface area contributed by atoms with Gasteiger partial charge in [0.05, 0.1) is 4.99 Å². The van der Waals surface area contributed by atoms with Crippen molar-refractivity contribution >= 4 is 17.2 Å². The molecule has 0 aromatic heterocycles. The van der Waals surface area contributed by atoms with E-state index in [0.717, 1.165) is 16.9 Å². The van der Waals surface area contributed by atoms with E-state index in [2.05, 4.69) is 11.8 Å². The SMILES string of the molecule is CCC1CCCCC1N1CCC(C(N)=S)CC1. The fourth-order valence-corrected chi connectivity index (χ4v) is 3.90. The number of likely N-dealkylation sites (tertiary alicyclic amines) is 1. The van der Waals surface area contributed by atoms with Gasteiger partial charge in [-0.2, -0.15) is 0 Å². The van der Waals surface area contributed by atoms with Gasteiger partial charge in [0.2, 0.25) is 0 Å². The molecule has 2 unspecified atom stereocenters. The highest BCUT2D eigenvalue weighted by atomic mass is 32.1. The molecule has 0 amide bonds. The molecule has 0 radical (unpaired) electrons. The lowest BCUT2D eigenvalue weighted by Crippen LogP contribution is -2.47. The summed E-state index contributed by atoms with van der Waals surface area (Å²) in [6.45, 7) is 4.77. The first kappa shape index (κ1) is 13.3. The van der Waals surface area contributed by atoms with Crippen LogP contribution in [0, 0.1) is 11.8 Å². The van der Waals surface area contributed by atoms with Gasteiger partial charge in [-0.1, -0.05) is 38.4 Å². The number of nitrogens with zero attached hydrogens (tertiary/aromatic N) is 1. The zero-order valence-electron chi connectivity index (χ0n) is 11.0. The second-order valence-corrected chi connectivity index (χ2v) is 6.20. The maximum absolute atomic E-state index is 5.76. The van der Waals surface area contributed by atoms with Gasteiger partial charge in [-0.15, -0.1) is 0 Å². The van der Waals surface area contributed by atoms with Crippen LogP contribution in [0.25, 0.3) is 0 Å². The van der Waals surface area contributed by atoms with Gasteiger partial charge in [0.15, 0.2) is 0 Å². The van der Waals surface area contributed by atoms with Gasteiger partial charge in [-0.3, -0.25) is 0 Å². The molecule has 17 heavy (non-hydrogen) atoms. The number of thiocarbonyl (C=S) groups is 1. The first-order valence-corrected chi connectivity index (χ1v) is 7.66. The summed E-state index contributed by atoms with van der Waals surface area (Å²) in [5.41, 5.74) is 5.76. The van der Waals surface area contributed by atoms with Crippen LogP contribution in [0.4, 0.5) is 0 Å². The smallest absolute Gasteiger partial charge is 0.0759 e. The minimum atomic E-state index is 0.505. The number of rotatable bonds is 3. The second kappa shape index (κ2) is 6.14. The summed E-state index contributed by atoms with van der Waals surface area (Å²) in [7, 11) is 0. The molecule has 3 heteroatoms. The molecule has 2 rings (SSSR count). The van der Waals surface area contributed by atoms with Gasteiger partial charge in [0.1, 0.15) is 0 Å². The molecular formula is C14H26N2S. The molecule has 1 saturated carbocycles. The second-order valence-electron chi connectivity index (χ2n) is 5.73. The third-order valence-electron chi connectivity index (χ3n) is 4.79. The Bertz CT molecular complexity index is 259. The average molecular weight is 254 g/mol. The molecule has 2 N–H and O–H groups in total. The fourth-order valence-electron chi connectivity index (χ4n) is 3.66. The molecule has 2 fully saturated rings. The van der Waals surface area contributed by atoms with E-state index in [1.807, 2.05) is 0 Å². The van der Waals surface area contributed by atoms with Crippen LogP contribution in [0.2, 0.25) is 0 Å². The van der Waals surface area contributed by atoms with Crippen molar-refractivity contribution in [1.29, 1.82) is 0 Å². The van der Waals surface area contributed by atoms with Crippen LogP contribution < -0.4 is 5.73 Å². The Kier molecular flexibility index (Phi) is 4.80. The van der Waals surface area contributed by atoms with E-state index in [1.54, 1.807) is 0 Å². The molecule has 1 aliphatic carbocycles. The quantitative estimate of drug-likeness (QED) is 0.785. The van der Waals surface area contributed by atoms with Gasteiger partial charge in [0.25, 0.3) is 0 Å². The van der Waals surface area contributed by atoms with E-state index in [-0.39, 0.29) is 0 Å². The molecule has 2 nitrogen and oxygen atoms in total. The highest BCUT2D eigenvalue weighted by Crippen LogP contribution is 2.33. The minimum Gasteiger partial charge on any atom is -0.393 e. The summed E-state index contributed by atoms with van der Waals surface area (Å²) < 4.78 is 0. The van der Waals surface area contributed by atoms with E-state index < -0.39 is 0 Å². The van der Waals surface area contributed by atoms with Crippen LogP contribution in [0.3, 0.4) is 0 Å². The maximum Gasteiger partial charge on any atom is 0.0759 e. The molecule has 1 aliphatic heterocycles. The van der Waals surface area contributed by atoms with Crippen molar-refractivity contribution in [3.05, 3.63) is 0 Å². The predicted octanol–water partition coefficient (Wildman–Crippen LogP) is 2.95. The lowest BCUT2D eigenvalue weighted by Gasteiger charge is -2.43. The van der Waals surface area contributed by atoms with Crippen molar-refractivity contribution in [1.82, 2.24) is 4.90 Å². The summed E-state index contributed by atoms with van der Waals surface area (Å²) in [5, 5.41) is 0. The van der Waals surface area contributed by atoms with Crippen LogP contribution in [0.5, 0.6) is 0 Å². The maximum atomic E-state index is 5.76. The van der Waals surface area contributed by atoms with Crippen molar-refractivity contribution in [2.45, 2.75) is 57.9 Å². The van der Waals surface area contributed by atoms with Crippen LogP contribution in [-0.2, 0) is 0 Å². The molecule has 2 aliphatic rings. The monoisotopic (exact) mass is 254 g/mol. The molecule has 0 aromatic carbocycles. The molecule has 0 bridgehead atoms. The van der Waals surface area contributed by atoms with E-state index in [4.69, 9.17) is 18.0 Å². The van der Waals surface area contributed by atoms with E-state index in [9.17, 15) is 0 Å². The summed E-state index contributed by atoms with van der Waals surface area (Å²) in [6.07, 6.45) is 9.44. The van der Waals surface area contributed by atoms with E-state index >= 15 is 0 Å². The molecule has 0 aromatic rings. The summed E-state index contributed by atoms with van der Waals surface area (Å²) in [4.78, 5) is 3.46. The molecular weight excluding hydrogens is 228 g/mol. The molecule has 2 atom stereocenters. The van der Waals surface area contributed by atoms with E-state index in [0.29, 0.717) is 5.92 Å².